The molecule has 0 amide bonds. The largest absolute Gasteiger partial charge is 0.313 e. The van der Waals surface area contributed by atoms with Gasteiger partial charge in [-0.1, -0.05) is 28.1 Å². The zero-order valence-corrected chi connectivity index (χ0v) is 10.4. The number of hydrogen-bond acceptors (Lipinski definition) is 1. The first-order valence-electron chi connectivity index (χ1n) is 5.81. The van der Waals surface area contributed by atoms with E-state index >= 15 is 0 Å². The highest BCUT2D eigenvalue weighted by atomic mass is 79.9. The lowest BCUT2D eigenvalue weighted by atomic mass is 9.87. The first-order valence-corrected chi connectivity index (χ1v) is 6.60. The monoisotopic (exact) mass is 265 g/mol. The lowest BCUT2D eigenvalue weighted by Crippen LogP contribution is -2.34. The van der Waals surface area contributed by atoms with Crippen LogP contribution in [0.4, 0.5) is 0 Å². The van der Waals surface area contributed by atoms with Crippen molar-refractivity contribution in [3.8, 4) is 0 Å². The summed E-state index contributed by atoms with van der Waals surface area (Å²) in [6, 6.07) is 9.65. The minimum Gasteiger partial charge on any atom is -0.313 e. The molecule has 1 unspecified atom stereocenters. The van der Waals surface area contributed by atoms with E-state index in [1.807, 2.05) is 0 Å². The highest BCUT2D eigenvalue weighted by Gasteiger charge is 2.50. The zero-order valence-electron chi connectivity index (χ0n) is 8.80. The number of hydrogen-bond donors (Lipinski definition) is 1. The molecule has 1 aromatic carbocycles. The van der Waals surface area contributed by atoms with Gasteiger partial charge in [0.1, 0.15) is 0 Å². The maximum absolute atomic E-state index is 3.66. The second-order valence-electron chi connectivity index (χ2n) is 4.81. The van der Waals surface area contributed by atoms with Crippen molar-refractivity contribution in [3.63, 3.8) is 0 Å². The summed E-state index contributed by atoms with van der Waals surface area (Å²) in [5.41, 5.74) is 2.02. The van der Waals surface area contributed by atoms with Gasteiger partial charge < -0.3 is 5.32 Å². The van der Waals surface area contributed by atoms with Gasteiger partial charge in [0.15, 0.2) is 0 Å². The van der Waals surface area contributed by atoms with Crippen LogP contribution in [0.2, 0.25) is 0 Å². The van der Waals surface area contributed by atoms with E-state index in [2.05, 4.69) is 45.5 Å². The number of rotatable bonds is 2. The van der Waals surface area contributed by atoms with Crippen molar-refractivity contribution >= 4 is 15.9 Å². The topological polar surface area (TPSA) is 12.0 Å². The lowest BCUT2D eigenvalue weighted by Gasteiger charge is -2.23. The van der Waals surface area contributed by atoms with E-state index < -0.39 is 0 Å². The fourth-order valence-electron chi connectivity index (χ4n) is 2.91. The van der Waals surface area contributed by atoms with Gasteiger partial charge in [0.25, 0.3) is 0 Å². The predicted molar refractivity (Wildman–Crippen MR) is 66.1 cm³/mol. The van der Waals surface area contributed by atoms with E-state index in [1.54, 1.807) is 0 Å². The molecule has 1 atom stereocenters. The SMILES string of the molecule is Brc1ccc(C2(C3CCCN3)CC2)cc1. The lowest BCUT2D eigenvalue weighted by molar-refractivity contribution is 0.473. The van der Waals surface area contributed by atoms with Gasteiger partial charge in [0, 0.05) is 15.9 Å². The van der Waals surface area contributed by atoms with Gasteiger partial charge in [-0.3, -0.25) is 0 Å². The molecule has 1 nitrogen and oxygen atoms in total. The molecule has 0 aromatic heterocycles. The minimum absolute atomic E-state index is 0.483. The number of nitrogens with one attached hydrogen (secondary N) is 1. The molecule has 0 bridgehead atoms. The zero-order chi connectivity index (χ0) is 10.3. The van der Waals surface area contributed by atoms with Crippen molar-refractivity contribution in [3.05, 3.63) is 34.3 Å². The van der Waals surface area contributed by atoms with Gasteiger partial charge in [-0.15, -0.1) is 0 Å². The van der Waals surface area contributed by atoms with Crippen molar-refractivity contribution < 1.29 is 0 Å². The Morgan fingerprint density at radius 2 is 1.93 bits per heavy atom. The molecule has 2 heteroatoms. The van der Waals surface area contributed by atoms with E-state index in [4.69, 9.17) is 0 Å². The summed E-state index contributed by atoms with van der Waals surface area (Å²) in [6.07, 6.45) is 5.44. The fraction of sp³-hybridized carbons (Fsp3) is 0.538. The van der Waals surface area contributed by atoms with Gasteiger partial charge in [0.05, 0.1) is 0 Å². The highest BCUT2D eigenvalue weighted by molar-refractivity contribution is 9.10. The summed E-state index contributed by atoms with van der Waals surface area (Å²) in [5, 5.41) is 3.66. The Kier molecular flexibility index (Phi) is 2.37. The van der Waals surface area contributed by atoms with Crippen LogP contribution in [0, 0.1) is 0 Å². The first-order chi connectivity index (χ1) is 7.31. The normalized spacial score (nSPS) is 27.9. The molecule has 1 saturated carbocycles. The van der Waals surface area contributed by atoms with Crippen LogP contribution in [0.5, 0.6) is 0 Å². The molecule has 1 aliphatic carbocycles. The molecule has 0 spiro atoms. The molecule has 1 aromatic rings. The summed E-state index contributed by atoms with van der Waals surface area (Å²) in [5.74, 6) is 0. The summed E-state index contributed by atoms with van der Waals surface area (Å²) < 4.78 is 1.18. The molecule has 1 heterocycles. The first kappa shape index (κ1) is 9.86. The third kappa shape index (κ3) is 1.64. The standard InChI is InChI=1S/C13H16BrN/c14-11-5-3-10(4-6-11)13(7-8-13)12-2-1-9-15-12/h3-6,12,15H,1-2,7-9H2. The molecule has 80 valence electrons. The second kappa shape index (κ2) is 3.60. The van der Waals surface area contributed by atoms with Gasteiger partial charge in [-0.25, -0.2) is 0 Å². The van der Waals surface area contributed by atoms with Crippen molar-refractivity contribution in [2.24, 2.45) is 0 Å². The molecular weight excluding hydrogens is 250 g/mol. The van der Waals surface area contributed by atoms with Gasteiger partial charge in [-0.05, 0) is 49.9 Å². The molecule has 1 aliphatic heterocycles. The third-order valence-corrected chi connectivity index (χ3v) is 4.46. The van der Waals surface area contributed by atoms with Crippen LogP contribution in [-0.4, -0.2) is 12.6 Å². The fourth-order valence-corrected chi connectivity index (χ4v) is 3.18. The maximum Gasteiger partial charge on any atom is 0.0175 e. The maximum atomic E-state index is 3.66. The smallest absolute Gasteiger partial charge is 0.0175 e. The Bertz CT molecular complexity index is 347. The molecule has 0 radical (unpaired) electrons. The van der Waals surface area contributed by atoms with Crippen LogP contribution < -0.4 is 5.32 Å². The van der Waals surface area contributed by atoms with Crippen LogP contribution in [0.1, 0.15) is 31.2 Å². The van der Waals surface area contributed by atoms with Gasteiger partial charge in [0.2, 0.25) is 0 Å². The molecular formula is C13H16BrN. The summed E-state index contributed by atoms with van der Waals surface area (Å²) in [6.45, 7) is 1.21. The molecule has 3 rings (SSSR count). The van der Waals surface area contributed by atoms with Crippen molar-refractivity contribution in [2.45, 2.75) is 37.1 Å². The van der Waals surface area contributed by atoms with Crippen LogP contribution >= 0.6 is 15.9 Å². The van der Waals surface area contributed by atoms with Gasteiger partial charge in [-0.2, -0.15) is 0 Å². The van der Waals surface area contributed by atoms with E-state index in [-0.39, 0.29) is 0 Å². The predicted octanol–water partition coefficient (Wildman–Crippen LogP) is 3.23. The Labute approximate surface area is 99.4 Å². The van der Waals surface area contributed by atoms with E-state index in [9.17, 15) is 0 Å². The Morgan fingerprint density at radius 1 is 1.20 bits per heavy atom. The molecule has 2 aliphatic rings. The molecule has 1 saturated heterocycles. The molecule has 15 heavy (non-hydrogen) atoms. The van der Waals surface area contributed by atoms with Crippen molar-refractivity contribution in [1.82, 2.24) is 5.32 Å². The van der Waals surface area contributed by atoms with Crippen LogP contribution in [0.3, 0.4) is 0 Å². The summed E-state index contributed by atoms with van der Waals surface area (Å²) in [4.78, 5) is 0. The second-order valence-corrected chi connectivity index (χ2v) is 5.73. The average Bonchev–Trinajstić information content (AvgIpc) is 2.88. The van der Waals surface area contributed by atoms with Crippen LogP contribution in [0.25, 0.3) is 0 Å². The van der Waals surface area contributed by atoms with E-state index in [1.165, 1.54) is 42.3 Å². The van der Waals surface area contributed by atoms with Crippen molar-refractivity contribution in [1.29, 1.82) is 0 Å². The van der Waals surface area contributed by atoms with E-state index in [0.29, 0.717) is 5.41 Å². The van der Waals surface area contributed by atoms with Crippen molar-refractivity contribution in [2.75, 3.05) is 6.54 Å². The summed E-state index contributed by atoms with van der Waals surface area (Å²) >= 11 is 3.50. The van der Waals surface area contributed by atoms with Crippen LogP contribution in [-0.2, 0) is 5.41 Å². The van der Waals surface area contributed by atoms with Crippen LogP contribution in [0.15, 0.2) is 28.7 Å². The quantitative estimate of drug-likeness (QED) is 0.866. The van der Waals surface area contributed by atoms with E-state index in [0.717, 1.165) is 6.04 Å². The molecule has 2 fully saturated rings. The van der Waals surface area contributed by atoms with Gasteiger partial charge >= 0.3 is 0 Å². The number of halogens is 1. The highest BCUT2D eigenvalue weighted by Crippen LogP contribution is 2.52. The molecule has 1 N–H and O–H groups in total. The number of benzene rings is 1. The Hall–Kier alpha value is -0.340. The average molecular weight is 266 g/mol. The Morgan fingerprint density at radius 3 is 2.47 bits per heavy atom. The summed E-state index contributed by atoms with van der Waals surface area (Å²) in [7, 11) is 0. The third-order valence-electron chi connectivity index (χ3n) is 3.94. The minimum atomic E-state index is 0.483. The Balaban J connectivity index is 1.89.